The predicted molar refractivity (Wildman–Crippen MR) is 109 cm³/mol. The maximum atomic E-state index is 12.9. The van der Waals surface area contributed by atoms with Crippen LogP contribution in [-0.2, 0) is 12.7 Å². The van der Waals surface area contributed by atoms with E-state index in [-0.39, 0.29) is 11.6 Å². The van der Waals surface area contributed by atoms with Crippen LogP contribution < -0.4 is 10.1 Å². The summed E-state index contributed by atoms with van der Waals surface area (Å²) in [6.45, 7) is 3.00. The lowest BCUT2D eigenvalue weighted by Crippen LogP contribution is -2.08. The van der Waals surface area contributed by atoms with Gasteiger partial charge in [0.2, 0.25) is 5.95 Å². The standard InChI is InChI=1S/C21H19F3N6O/c1-15-10-17(13-19(11-15)31-9-8-29-7-3-6-26-29)27-20-25-14-30(28-20)18-5-2-4-16(12-18)21(22,23)24/h2-7,10-14H,8-9H2,1H3,(H,27,28). The molecule has 0 aliphatic carbocycles. The molecule has 0 fully saturated rings. The first-order chi connectivity index (χ1) is 14.9. The minimum Gasteiger partial charge on any atom is -0.492 e. The average Bonchev–Trinajstić information content (AvgIpc) is 3.39. The van der Waals surface area contributed by atoms with Crippen molar-refractivity contribution < 1.29 is 17.9 Å². The highest BCUT2D eigenvalue weighted by atomic mass is 19.4. The summed E-state index contributed by atoms with van der Waals surface area (Å²) in [7, 11) is 0. The molecule has 1 N–H and O–H groups in total. The highest BCUT2D eigenvalue weighted by Crippen LogP contribution is 2.30. The molecule has 0 aliphatic rings. The lowest BCUT2D eigenvalue weighted by molar-refractivity contribution is -0.137. The third kappa shape index (κ3) is 5.21. The summed E-state index contributed by atoms with van der Waals surface area (Å²) in [4.78, 5) is 4.14. The number of alkyl halides is 3. The van der Waals surface area contributed by atoms with Crippen molar-refractivity contribution >= 4 is 11.6 Å². The zero-order valence-corrected chi connectivity index (χ0v) is 16.5. The highest BCUT2D eigenvalue weighted by molar-refractivity contribution is 5.57. The summed E-state index contributed by atoms with van der Waals surface area (Å²) < 4.78 is 47.7. The van der Waals surface area contributed by atoms with Crippen LogP contribution in [0.25, 0.3) is 5.69 Å². The molecule has 10 heteroatoms. The van der Waals surface area contributed by atoms with Gasteiger partial charge in [-0.05, 0) is 48.9 Å². The van der Waals surface area contributed by atoms with Crippen molar-refractivity contribution in [2.45, 2.75) is 19.6 Å². The molecule has 7 nitrogen and oxygen atoms in total. The molecular weight excluding hydrogens is 409 g/mol. The first-order valence-corrected chi connectivity index (χ1v) is 9.45. The number of aryl methyl sites for hydroxylation is 1. The summed E-state index contributed by atoms with van der Waals surface area (Å²) in [5.41, 5.74) is 1.19. The Morgan fingerprint density at radius 2 is 1.97 bits per heavy atom. The van der Waals surface area contributed by atoms with Gasteiger partial charge in [-0.15, -0.1) is 5.10 Å². The smallest absolute Gasteiger partial charge is 0.416 e. The molecule has 31 heavy (non-hydrogen) atoms. The molecule has 2 aromatic heterocycles. The first kappa shape index (κ1) is 20.5. The average molecular weight is 428 g/mol. The van der Waals surface area contributed by atoms with Gasteiger partial charge in [0.05, 0.1) is 17.8 Å². The normalized spacial score (nSPS) is 11.5. The molecule has 160 valence electrons. The van der Waals surface area contributed by atoms with Gasteiger partial charge < -0.3 is 10.1 Å². The monoisotopic (exact) mass is 428 g/mol. The molecule has 0 saturated carbocycles. The zero-order chi connectivity index (χ0) is 21.8. The van der Waals surface area contributed by atoms with Gasteiger partial charge in [0.1, 0.15) is 18.7 Å². The fourth-order valence-corrected chi connectivity index (χ4v) is 2.99. The number of hydrogen-bond donors (Lipinski definition) is 1. The van der Waals surface area contributed by atoms with E-state index < -0.39 is 11.7 Å². The van der Waals surface area contributed by atoms with Crippen LogP contribution in [0, 0.1) is 6.92 Å². The Kier molecular flexibility index (Phi) is 5.61. The van der Waals surface area contributed by atoms with E-state index in [1.54, 1.807) is 16.9 Å². The van der Waals surface area contributed by atoms with Crippen LogP contribution >= 0.6 is 0 Å². The van der Waals surface area contributed by atoms with E-state index in [1.807, 2.05) is 31.3 Å². The van der Waals surface area contributed by atoms with Gasteiger partial charge in [0.15, 0.2) is 0 Å². The van der Waals surface area contributed by atoms with Crippen LogP contribution in [0.3, 0.4) is 0 Å². The van der Waals surface area contributed by atoms with Gasteiger partial charge in [-0.1, -0.05) is 6.07 Å². The molecule has 4 rings (SSSR count). The summed E-state index contributed by atoms with van der Waals surface area (Å²) in [5, 5.41) is 11.4. The SMILES string of the molecule is Cc1cc(Nc2ncn(-c3cccc(C(F)(F)F)c3)n2)cc(OCCn2cccn2)c1. The van der Waals surface area contributed by atoms with E-state index in [0.717, 1.165) is 17.7 Å². The van der Waals surface area contributed by atoms with Crippen molar-refractivity contribution in [3.05, 3.63) is 78.4 Å². The second-order valence-corrected chi connectivity index (χ2v) is 6.84. The number of benzene rings is 2. The van der Waals surface area contributed by atoms with Gasteiger partial charge in [-0.2, -0.15) is 23.3 Å². The molecule has 0 saturated heterocycles. The second-order valence-electron chi connectivity index (χ2n) is 6.84. The van der Waals surface area contributed by atoms with E-state index in [0.29, 0.717) is 24.6 Å². The number of nitrogens with zero attached hydrogens (tertiary/aromatic N) is 5. The van der Waals surface area contributed by atoms with Gasteiger partial charge in [-0.25, -0.2) is 4.68 Å². The van der Waals surface area contributed by atoms with Gasteiger partial charge in [-0.3, -0.25) is 4.68 Å². The molecule has 0 spiro atoms. The molecule has 0 radical (unpaired) electrons. The molecular formula is C21H19F3N6O. The molecule has 0 aliphatic heterocycles. The van der Waals surface area contributed by atoms with E-state index >= 15 is 0 Å². The Hall–Kier alpha value is -3.82. The predicted octanol–water partition coefficient (Wildman–Crippen LogP) is 4.61. The van der Waals surface area contributed by atoms with Crippen LogP contribution in [0.15, 0.2) is 67.3 Å². The number of anilines is 2. The Morgan fingerprint density at radius 1 is 1.10 bits per heavy atom. The molecule has 2 aromatic carbocycles. The maximum absolute atomic E-state index is 12.9. The molecule has 0 amide bonds. The van der Waals surface area contributed by atoms with Crippen LogP contribution in [0.5, 0.6) is 5.75 Å². The van der Waals surface area contributed by atoms with E-state index in [9.17, 15) is 13.2 Å². The van der Waals surface area contributed by atoms with E-state index in [4.69, 9.17) is 4.74 Å². The molecule has 0 unspecified atom stereocenters. The Balaban J connectivity index is 1.45. The third-order valence-corrected chi connectivity index (χ3v) is 4.39. The van der Waals surface area contributed by atoms with E-state index in [1.165, 1.54) is 23.1 Å². The minimum atomic E-state index is -4.42. The minimum absolute atomic E-state index is 0.255. The van der Waals surface area contributed by atoms with Crippen molar-refractivity contribution in [3.63, 3.8) is 0 Å². The lowest BCUT2D eigenvalue weighted by Gasteiger charge is -2.10. The number of rotatable bonds is 7. The number of nitrogens with one attached hydrogen (secondary N) is 1. The maximum Gasteiger partial charge on any atom is 0.416 e. The van der Waals surface area contributed by atoms with Crippen molar-refractivity contribution in [3.8, 4) is 11.4 Å². The summed E-state index contributed by atoms with van der Waals surface area (Å²) in [6.07, 6.45) is 0.501. The van der Waals surface area contributed by atoms with Crippen LogP contribution in [0.4, 0.5) is 24.8 Å². The Morgan fingerprint density at radius 3 is 2.74 bits per heavy atom. The fourth-order valence-electron chi connectivity index (χ4n) is 2.99. The Labute approximate surface area is 176 Å². The van der Waals surface area contributed by atoms with Crippen molar-refractivity contribution in [1.29, 1.82) is 0 Å². The van der Waals surface area contributed by atoms with Gasteiger partial charge in [0.25, 0.3) is 0 Å². The van der Waals surface area contributed by atoms with Gasteiger partial charge in [0, 0.05) is 24.1 Å². The molecule has 4 aromatic rings. The molecule has 0 bridgehead atoms. The number of ether oxygens (including phenoxy) is 1. The molecule has 0 atom stereocenters. The quantitative estimate of drug-likeness (QED) is 0.465. The third-order valence-electron chi connectivity index (χ3n) is 4.39. The van der Waals surface area contributed by atoms with Crippen molar-refractivity contribution in [1.82, 2.24) is 24.5 Å². The molecule has 2 heterocycles. The second kappa shape index (κ2) is 8.50. The lowest BCUT2D eigenvalue weighted by atomic mass is 10.2. The first-order valence-electron chi connectivity index (χ1n) is 9.45. The van der Waals surface area contributed by atoms with Crippen molar-refractivity contribution in [2.24, 2.45) is 0 Å². The topological polar surface area (TPSA) is 69.8 Å². The number of aromatic nitrogens is 5. The van der Waals surface area contributed by atoms with Gasteiger partial charge >= 0.3 is 6.18 Å². The largest absolute Gasteiger partial charge is 0.492 e. The number of hydrogen-bond acceptors (Lipinski definition) is 5. The fraction of sp³-hybridized carbons (Fsp3) is 0.190. The van der Waals surface area contributed by atoms with Crippen molar-refractivity contribution in [2.75, 3.05) is 11.9 Å². The van der Waals surface area contributed by atoms with Crippen LogP contribution in [0.2, 0.25) is 0 Å². The van der Waals surface area contributed by atoms with E-state index in [2.05, 4.69) is 20.5 Å². The summed E-state index contributed by atoms with van der Waals surface area (Å²) in [6, 6.07) is 12.4. The van der Waals surface area contributed by atoms with Crippen LogP contribution in [-0.4, -0.2) is 31.2 Å². The summed E-state index contributed by atoms with van der Waals surface area (Å²) >= 11 is 0. The number of halogens is 3. The zero-order valence-electron chi connectivity index (χ0n) is 16.5. The summed E-state index contributed by atoms with van der Waals surface area (Å²) in [5.74, 6) is 0.928. The Bertz CT molecular complexity index is 1150. The van der Waals surface area contributed by atoms with Crippen LogP contribution in [0.1, 0.15) is 11.1 Å². The highest BCUT2D eigenvalue weighted by Gasteiger charge is 2.30.